The van der Waals surface area contributed by atoms with Gasteiger partial charge in [-0.3, -0.25) is 9.97 Å². The second kappa shape index (κ2) is 19.2. The van der Waals surface area contributed by atoms with Crippen LogP contribution in [-0.4, -0.2) is 9.97 Å². The van der Waals surface area contributed by atoms with Crippen LogP contribution in [-0.2, 0) is 51.5 Å². The van der Waals surface area contributed by atoms with Crippen molar-refractivity contribution in [3.8, 4) is 22.5 Å². The van der Waals surface area contributed by atoms with E-state index >= 15 is 0 Å². The molecule has 232 valence electrons. The number of rotatable bonds is 10. The summed E-state index contributed by atoms with van der Waals surface area (Å²) in [6, 6.07) is 31.0. The number of hydrogen-bond acceptors (Lipinski definition) is 2. The summed E-state index contributed by atoms with van der Waals surface area (Å²) in [6.07, 6.45) is 13.1. The van der Waals surface area contributed by atoms with Gasteiger partial charge in [0.2, 0.25) is 0 Å². The van der Waals surface area contributed by atoms with E-state index in [1.165, 1.54) is 80.6 Å². The summed E-state index contributed by atoms with van der Waals surface area (Å²) < 4.78 is 0. The Hall–Kier alpha value is -2.59. The van der Waals surface area contributed by atoms with E-state index in [0.717, 1.165) is 37.1 Å². The summed E-state index contributed by atoms with van der Waals surface area (Å²) in [4.78, 5) is 9.11. The molecule has 0 atom stereocenters. The normalized spacial score (nSPS) is 10.4. The second-order valence-corrected chi connectivity index (χ2v) is 11.4. The summed E-state index contributed by atoms with van der Waals surface area (Å²) in [5, 5.41) is 5.42. The van der Waals surface area contributed by atoms with E-state index in [2.05, 4.69) is 110 Å². The van der Waals surface area contributed by atoms with Gasteiger partial charge in [0.15, 0.2) is 0 Å². The zero-order valence-electron chi connectivity index (χ0n) is 27.0. The molecule has 2 nitrogen and oxygen atoms in total. The molecule has 0 saturated carbocycles. The van der Waals surface area contributed by atoms with E-state index in [1.54, 1.807) is 0 Å². The van der Waals surface area contributed by atoms with Gasteiger partial charge in [-0.05, 0) is 61.1 Å². The Labute approximate surface area is 301 Å². The maximum absolute atomic E-state index is 4.56. The molecule has 0 N–H and O–H groups in total. The van der Waals surface area contributed by atoms with E-state index in [0.29, 0.717) is 0 Å². The molecule has 0 amide bonds. The maximum atomic E-state index is 4.56. The number of aryl methyl sites for hydroxylation is 4. The fourth-order valence-corrected chi connectivity index (χ4v) is 6.09. The molecule has 0 aliphatic rings. The predicted molar refractivity (Wildman–Crippen MR) is 182 cm³/mol. The van der Waals surface area contributed by atoms with Crippen molar-refractivity contribution < 1.29 is 50.7 Å². The van der Waals surface area contributed by atoms with Crippen molar-refractivity contribution in [2.24, 2.45) is 0 Å². The number of hydrogen-bond donors (Lipinski definition) is 0. The fraction of sp³-hybridized carbons (Fsp3) is 0.300. The van der Waals surface area contributed by atoms with Crippen LogP contribution in [0.15, 0.2) is 97.3 Å². The second-order valence-electron chi connectivity index (χ2n) is 11.4. The van der Waals surface area contributed by atoms with E-state index in [1.807, 2.05) is 24.5 Å². The van der Waals surface area contributed by atoms with Crippen molar-refractivity contribution in [1.29, 1.82) is 0 Å². The van der Waals surface area contributed by atoms with Gasteiger partial charge in [0.25, 0.3) is 0 Å². The van der Waals surface area contributed by atoms with Crippen LogP contribution >= 0.6 is 0 Å². The molecule has 45 heavy (non-hydrogen) atoms. The number of aromatic nitrogens is 2. The van der Waals surface area contributed by atoms with Gasteiger partial charge in [-0.15, -0.1) is 56.9 Å². The molecule has 0 radical (unpaired) electrons. The molecular formula is C40H44Cl2HfN2. The van der Waals surface area contributed by atoms with Crippen molar-refractivity contribution in [2.45, 2.75) is 79.1 Å². The van der Waals surface area contributed by atoms with Crippen molar-refractivity contribution in [3.05, 3.63) is 120 Å². The first-order valence-electron chi connectivity index (χ1n) is 15.9. The summed E-state index contributed by atoms with van der Waals surface area (Å²) in [7, 11) is 0. The van der Waals surface area contributed by atoms with Crippen LogP contribution in [0, 0.1) is 0 Å². The molecule has 0 bridgehead atoms. The van der Waals surface area contributed by atoms with Crippen LogP contribution in [0.4, 0.5) is 0 Å². The molecule has 0 aliphatic carbocycles. The van der Waals surface area contributed by atoms with E-state index in [4.69, 9.17) is 0 Å². The Morgan fingerprint density at radius 3 is 1.24 bits per heavy atom. The molecule has 6 rings (SSSR count). The third-order valence-corrected chi connectivity index (χ3v) is 7.92. The van der Waals surface area contributed by atoms with Crippen LogP contribution in [0.5, 0.6) is 0 Å². The van der Waals surface area contributed by atoms with Crippen LogP contribution in [0.2, 0.25) is 0 Å². The average molecular weight is 802 g/mol. The van der Waals surface area contributed by atoms with Crippen LogP contribution in [0.3, 0.4) is 0 Å². The van der Waals surface area contributed by atoms with Gasteiger partial charge in [-0.25, -0.2) is 0 Å². The first kappa shape index (κ1) is 38.6. The molecule has 4 aromatic carbocycles. The topological polar surface area (TPSA) is 25.8 Å². The standard InChI is InChI=1S/2C20H22N.2ClH.Hf/c2*1-3-7-15-11-17-12-16(8-4-2)14-19(18(17)13-15)20-9-5-6-10-21-20;;;/h2*5-6,9-14H,3-4,7-8H2,1-2H3;2*1H;/q2*-1;;;+4/p-2. The molecule has 0 unspecified atom stereocenters. The molecule has 6 aromatic rings. The third-order valence-electron chi connectivity index (χ3n) is 7.92. The Morgan fingerprint density at radius 2 is 0.911 bits per heavy atom. The molecule has 0 aliphatic heterocycles. The van der Waals surface area contributed by atoms with Crippen LogP contribution in [0.1, 0.15) is 75.6 Å². The fourth-order valence-electron chi connectivity index (χ4n) is 6.09. The first-order valence-corrected chi connectivity index (χ1v) is 15.9. The minimum atomic E-state index is 0. The Bertz CT molecular complexity index is 1590. The molecule has 2 heterocycles. The van der Waals surface area contributed by atoms with Gasteiger partial charge in [0, 0.05) is 12.4 Å². The maximum Gasteiger partial charge on any atom is 4.00 e. The Kier molecular flexibility index (Phi) is 16.4. The van der Waals surface area contributed by atoms with E-state index in [-0.39, 0.29) is 50.7 Å². The monoisotopic (exact) mass is 802 g/mol. The zero-order chi connectivity index (χ0) is 29.3. The van der Waals surface area contributed by atoms with E-state index in [9.17, 15) is 0 Å². The van der Waals surface area contributed by atoms with Gasteiger partial charge >= 0.3 is 25.8 Å². The summed E-state index contributed by atoms with van der Waals surface area (Å²) in [6.45, 7) is 8.94. The number of benzene rings is 2. The largest absolute Gasteiger partial charge is 4.00 e. The van der Waals surface area contributed by atoms with Gasteiger partial charge in [0.1, 0.15) is 0 Å². The summed E-state index contributed by atoms with van der Waals surface area (Å²) in [5.41, 5.74) is 10.4. The van der Waals surface area contributed by atoms with Crippen molar-refractivity contribution in [1.82, 2.24) is 9.97 Å². The van der Waals surface area contributed by atoms with Gasteiger partial charge in [0.05, 0.1) is 11.4 Å². The SMILES string of the molecule is CCCc1cc(-c2ccccn2)c2cc(CCC)[cH-]c2c1.CCCc1cc(-c2ccccn2)c2cc(CCC)[cH-]c2c1.[Cl-].[Cl-].[Hf+4]. The van der Waals surface area contributed by atoms with Crippen LogP contribution < -0.4 is 24.8 Å². The smallest absolute Gasteiger partial charge is 1.00 e. The number of halogens is 2. The number of fused-ring (bicyclic) bond motifs is 2. The van der Waals surface area contributed by atoms with Crippen molar-refractivity contribution >= 4 is 21.5 Å². The third kappa shape index (κ3) is 9.70. The summed E-state index contributed by atoms with van der Waals surface area (Å²) in [5.74, 6) is 0. The quantitative estimate of drug-likeness (QED) is 0.143. The van der Waals surface area contributed by atoms with Crippen LogP contribution in [0.25, 0.3) is 44.1 Å². The van der Waals surface area contributed by atoms with Gasteiger partial charge in [-0.2, -0.15) is 12.1 Å². The predicted octanol–water partition coefficient (Wildman–Crippen LogP) is 5.06. The molecular weight excluding hydrogens is 758 g/mol. The molecule has 5 heteroatoms. The average Bonchev–Trinajstić information content (AvgIpc) is 3.61. The summed E-state index contributed by atoms with van der Waals surface area (Å²) >= 11 is 0. The molecule has 0 saturated heterocycles. The molecule has 0 fully saturated rings. The van der Waals surface area contributed by atoms with Gasteiger partial charge < -0.3 is 24.8 Å². The molecule has 0 spiro atoms. The van der Waals surface area contributed by atoms with E-state index < -0.39 is 0 Å². The molecule has 2 aromatic heterocycles. The zero-order valence-corrected chi connectivity index (χ0v) is 32.1. The number of pyridine rings is 2. The number of nitrogens with zero attached hydrogens (tertiary/aromatic N) is 2. The Balaban J connectivity index is 0.000000294. The Morgan fingerprint density at radius 1 is 0.511 bits per heavy atom. The minimum Gasteiger partial charge on any atom is -1.00 e. The van der Waals surface area contributed by atoms with Crippen molar-refractivity contribution in [3.63, 3.8) is 0 Å². The minimum absolute atomic E-state index is 0. The van der Waals surface area contributed by atoms with Gasteiger partial charge in [-0.1, -0.05) is 88.8 Å². The first-order chi connectivity index (χ1) is 20.6. The van der Waals surface area contributed by atoms with Crippen molar-refractivity contribution in [2.75, 3.05) is 0 Å².